The van der Waals surface area contributed by atoms with Crippen molar-refractivity contribution in [2.75, 3.05) is 11.9 Å². The minimum absolute atomic E-state index is 0.940. The van der Waals surface area contributed by atoms with Gasteiger partial charge in [-0.25, -0.2) is 0 Å². The number of benzene rings is 1. The maximum absolute atomic E-state index is 4.33. The molecule has 1 aromatic heterocycles. The smallest absolute Gasteiger partial charge is 0.0421 e. The predicted octanol–water partition coefficient (Wildman–Crippen LogP) is 3.22. The molecule has 2 nitrogen and oxygen atoms in total. The number of hydrogen-bond acceptors (Lipinski definition) is 2. The van der Waals surface area contributed by atoms with Gasteiger partial charge in [-0.3, -0.25) is 4.98 Å². The van der Waals surface area contributed by atoms with E-state index in [1.54, 1.807) is 0 Å². The molecule has 1 aliphatic carbocycles. The molecule has 2 heteroatoms. The van der Waals surface area contributed by atoms with Gasteiger partial charge in [-0.2, -0.15) is 0 Å². The Morgan fingerprint density at radius 3 is 2.89 bits per heavy atom. The topological polar surface area (TPSA) is 24.9 Å². The van der Waals surface area contributed by atoms with Gasteiger partial charge in [0.1, 0.15) is 0 Å². The van der Waals surface area contributed by atoms with Crippen molar-refractivity contribution in [3.63, 3.8) is 0 Å². The molecule has 18 heavy (non-hydrogen) atoms. The number of anilines is 1. The quantitative estimate of drug-likeness (QED) is 0.884. The summed E-state index contributed by atoms with van der Waals surface area (Å²) in [4.78, 5) is 4.33. The molecular weight excluding hydrogens is 220 g/mol. The van der Waals surface area contributed by atoms with Crippen LogP contribution in [0.1, 0.15) is 23.2 Å². The third-order valence-electron chi connectivity index (χ3n) is 3.53. The second-order valence-electron chi connectivity index (χ2n) is 4.83. The third kappa shape index (κ3) is 2.53. The molecule has 92 valence electrons. The van der Waals surface area contributed by atoms with Crippen LogP contribution in [0.25, 0.3) is 0 Å². The molecule has 0 spiro atoms. The first-order valence-electron chi connectivity index (χ1n) is 6.67. The van der Waals surface area contributed by atoms with Gasteiger partial charge in [-0.1, -0.05) is 12.1 Å². The zero-order chi connectivity index (χ0) is 12.2. The fourth-order valence-corrected chi connectivity index (χ4v) is 2.56. The molecule has 1 aliphatic rings. The summed E-state index contributed by atoms with van der Waals surface area (Å²) in [5.74, 6) is 0. The van der Waals surface area contributed by atoms with Gasteiger partial charge in [-0.15, -0.1) is 0 Å². The Balaban J connectivity index is 1.57. The molecule has 1 heterocycles. The first-order chi connectivity index (χ1) is 8.92. The minimum Gasteiger partial charge on any atom is -0.385 e. The van der Waals surface area contributed by atoms with E-state index in [0.29, 0.717) is 0 Å². The normalized spacial score (nSPS) is 13.3. The summed E-state index contributed by atoms with van der Waals surface area (Å²) in [6, 6.07) is 12.8. The van der Waals surface area contributed by atoms with E-state index in [1.165, 1.54) is 36.1 Å². The Morgan fingerprint density at radius 1 is 1.06 bits per heavy atom. The zero-order valence-electron chi connectivity index (χ0n) is 10.5. The van der Waals surface area contributed by atoms with Gasteiger partial charge >= 0.3 is 0 Å². The molecule has 2 aromatic rings. The van der Waals surface area contributed by atoms with Gasteiger partial charge < -0.3 is 5.32 Å². The number of rotatable bonds is 4. The van der Waals surface area contributed by atoms with Crippen molar-refractivity contribution in [3.05, 3.63) is 59.4 Å². The van der Waals surface area contributed by atoms with E-state index < -0.39 is 0 Å². The summed E-state index contributed by atoms with van der Waals surface area (Å²) >= 11 is 0. The molecule has 0 radical (unpaired) electrons. The zero-order valence-corrected chi connectivity index (χ0v) is 10.5. The Bertz CT molecular complexity index is 520. The van der Waals surface area contributed by atoms with E-state index in [2.05, 4.69) is 34.6 Å². The summed E-state index contributed by atoms with van der Waals surface area (Å²) < 4.78 is 0. The highest BCUT2D eigenvalue weighted by Crippen LogP contribution is 2.24. The second-order valence-corrected chi connectivity index (χ2v) is 4.83. The summed E-state index contributed by atoms with van der Waals surface area (Å²) in [5, 5.41) is 3.48. The Kier molecular flexibility index (Phi) is 3.26. The SMILES string of the molecule is c1ccc(CCNc2ccc3c(c2)CCC3)nc1. The lowest BCUT2D eigenvalue weighted by Gasteiger charge is -2.08. The molecule has 0 aliphatic heterocycles. The maximum Gasteiger partial charge on any atom is 0.0421 e. The number of fused-ring (bicyclic) bond motifs is 1. The van der Waals surface area contributed by atoms with E-state index in [1.807, 2.05) is 18.3 Å². The van der Waals surface area contributed by atoms with E-state index in [-0.39, 0.29) is 0 Å². The van der Waals surface area contributed by atoms with Crippen LogP contribution < -0.4 is 5.32 Å². The van der Waals surface area contributed by atoms with E-state index in [0.717, 1.165) is 18.7 Å². The summed E-state index contributed by atoms with van der Waals surface area (Å²) in [7, 11) is 0. The van der Waals surface area contributed by atoms with E-state index in [4.69, 9.17) is 0 Å². The van der Waals surface area contributed by atoms with Gasteiger partial charge in [0.2, 0.25) is 0 Å². The number of aromatic nitrogens is 1. The largest absolute Gasteiger partial charge is 0.385 e. The number of nitrogens with one attached hydrogen (secondary N) is 1. The lowest BCUT2D eigenvalue weighted by Crippen LogP contribution is -2.06. The lowest BCUT2D eigenvalue weighted by atomic mass is 10.1. The Hall–Kier alpha value is -1.83. The second kappa shape index (κ2) is 5.21. The molecule has 3 rings (SSSR count). The van der Waals surface area contributed by atoms with Gasteiger partial charge in [0.05, 0.1) is 0 Å². The Labute approximate surface area is 108 Å². The molecular formula is C16H18N2. The van der Waals surface area contributed by atoms with Crippen molar-refractivity contribution < 1.29 is 0 Å². The van der Waals surface area contributed by atoms with Crippen molar-refractivity contribution in [1.82, 2.24) is 4.98 Å². The molecule has 1 aromatic carbocycles. The van der Waals surface area contributed by atoms with Crippen LogP contribution in [0.5, 0.6) is 0 Å². The van der Waals surface area contributed by atoms with Crippen molar-refractivity contribution in [1.29, 1.82) is 0 Å². The monoisotopic (exact) mass is 238 g/mol. The van der Waals surface area contributed by atoms with Gasteiger partial charge in [-0.05, 0) is 54.7 Å². The average Bonchev–Trinajstić information content (AvgIpc) is 2.87. The minimum atomic E-state index is 0.940. The van der Waals surface area contributed by atoms with Crippen LogP contribution in [0.15, 0.2) is 42.6 Å². The van der Waals surface area contributed by atoms with Crippen LogP contribution in [0.3, 0.4) is 0 Å². The molecule has 0 fully saturated rings. The molecule has 1 N–H and O–H groups in total. The van der Waals surface area contributed by atoms with Crippen molar-refractivity contribution >= 4 is 5.69 Å². The average molecular weight is 238 g/mol. The number of hydrogen-bond donors (Lipinski definition) is 1. The lowest BCUT2D eigenvalue weighted by molar-refractivity contribution is 0.911. The van der Waals surface area contributed by atoms with Crippen LogP contribution in [0.4, 0.5) is 5.69 Å². The summed E-state index contributed by atoms with van der Waals surface area (Å²) in [6.45, 7) is 0.940. The molecule has 0 saturated heterocycles. The fourth-order valence-electron chi connectivity index (χ4n) is 2.56. The maximum atomic E-state index is 4.33. The fraction of sp³-hybridized carbons (Fsp3) is 0.312. The number of pyridine rings is 1. The molecule has 0 atom stereocenters. The van der Waals surface area contributed by atoms with Gasteiger partial charge in [0, 0.05) is 30.5 Å². The van der Waals surface area contributed by atoms with E-state index >= 15 is 0 Å². The van der Waals surface area contributed by atoms with Crippen LogP contribution in [-0.4, -0.2) is 11.5 Å². The standard InChI is InChI=1S/C16H18N2/c1-2-10-17-15(6-1)9-11-18-16-8-7-13-4-3-5-14(13)12-16/h1-2,6-8,10,12,18H,3-5,9,11H2. The van der Waals surface area contributed by atoms with E-state index in [9.17, 15) is 0 Å². The summed E-state index contributed by atoms with van der Waals surface area (Å²) in [5.41, 5.74) is 5.45. The van der Waals surface area contributed by atoms with Crippen molar-refractivity contribution in [2.45, 2.75) is 25.7 Å². The molecule has 0 bridgehead atoms. The van der Waals surface area contributed by atoms with Crippen LogP contribution >= 0.6 is 0 Å². The van der Waals surface area contributed by atoms with Gasteiger partial charge in [0.15, 0.2) is 0 Å². The highest BCUT2D eigenvalue weighted by atomic mass is 14.9. The molecule has 0 amide bonds. The first-order valence-corrected chi connectivity index (χ1v) is 6.67. The highest BCUT2D eigenvalue weighted by Gasteiger charge is 2.10. The van der Waals surface area contributed by atoms with Gasteiger partial charge in [0.25, 0.3) is 0 Å². The molecule has 0 saturated carbocycles. The van der Waals surface area contributed by atoms with Crippen LogP contribution in [-0.2, 0) is 19.3 Å². The van der Waals surface area contributed by atoms with Crippen molar-refractivity contribution in [2.24, 2.45) is 0 Å². The predicted molar refractivity (Wildman–Crippen MR) is 74.9 cm³/mol. The number of aryl methyl sites for hydroxylation is 2. The molecule has 0 unspecified atom stereocenters. The summed E-state index contributed by atoms with van der Waals surface area (Å²) in [6.07, 6.45) is 6.63. The van der Waals surface area contributed by atoms with Crippen LogP contribution in [0.2, 0.25) is 0 Å². The Morgan fingerprint density at radius 2 is 2.00 bits per heavy atom. The third-order valence-corrected chi connectivity index (χ3v) is 3.53. The van der Waals surface area contributed by atoms with Crippen molar-refractivity contribution in [3.8, 4) is 0 Å². The van der Waals surface area contributed by atoms with Crippen LogP contribution in [0, 0.1) is 0 Å². The highest BCUT2D eigenvalue weighted by molar-refractivity contribution is 5.50. The first kappa shape index (κ1) is 11.3. The number of nitrogens with zero attached hydrogens (tertiary/aromatic N) is 1.